The first-order chi connectivity index (χ1) is 12.0. The molecule has 0 radical (unpaired) electrons. The summed E-state index contributed by atoms with van der Waals surface area (Å²) in [7, 11) is 0. The van der Waals surface area contributed by atoms with Crippen molar-refractivity contribution < 1.29 is 32.2 Å². The van der Waals surface area contributed by atoms with E-state index in [1.54, 1.807) is 24.3 Å². The molecular formula is C16H11F3N2O4. The third kappa shape index (κ3) is 3.49. The van der Waals surface area contributed by atoms with E-state index in [9.17, 15) is 22.8 Å². The number of hydrogen-bond acceptors (Lipinski definition) is 4. The highest BCUT2D eigenvalue weighted by Crippen LogP contribution is 2.30. The van der Waals surface area contributed by atoms with Crippen LogP contribution in [0.15, 0.2) is 36.4 Å². The molecule has 0 bridgehead atoms. The third-order valence-corrected chi connectivity index (χ3v) is 3.35. The smallest absolute Gasteiger partial charge is 0.283 e. The zero-order chi connectivity index (χ0) is 18.0. The van der Waals surface area contributed by atoms with Crippen molar-refractivity contribution in [3.05, 3.63) is 59.4 Å². The lowest BCUT2D eigenvalue weighted by Gasteiger charge is -2.25. The first-order valence-corrected chi connectivity index (χ1v) is 7.09. The number of para-hydroxylation sites is 2. The van der Waals surface area contributed by atoms with Gasteiger partial charge in [-0.15, -0.1) is 0 Å². The predicted octanol–water partition coefficient (Wildman–Crippen LogP) is 1.70. The molecule has 9 heteroatoms. The van der Waals surface area contributed by atoms with Gasteiger partial charge in [-0.05, 0) is 24.3 Å². The zero-order valence-electron chi connectivity index (χ0n) is 12.5. The van der Waals surface area contributed by atoms with Gasteiger partial charge in [-0.1, -0.05) is 12.1 Å². The van der Waals surface area contributed by atoms with E-state index in [1.807, 2.05) is 5.43 Å². The van der Waals surface area contributed by atoms with Crippen LogP contribution in [0.5, 0.6) is 11.5 Å². The number of rotatable bonds is 2. The van der Waals surface area contributed by atoms with Crippen LogP contribution >= 0.6 is 0 Å². The molecule has 1 aliphatic rings. The molecule has 0 saturated carbocycles. The maximum atomic E-state index is 13.1. The monoisotopic (exact) mass is 352 g/mol. The minimum atomic E-state index is -1.69. The number of fused-ring (bicyclic) bond motifs is 1. The molecule has 1 unspecified atom stereocenters. The van der Waals surface area contributed by atoms with E-state index in [0.29, 0.717) is 23.6 Å². The van der Waals surface area contributed by atoms with Crippen molar-refractivity contribution in [2.24, 2.45) is 0 Å². The van der Waals surface area contributed by atoms with Crippen molar-refractivity contribution in [1.82, 2.24) is 10.9 Å². The minimum absolute atomic E-state index is 0.0848. The van der Waals surface area contributed by atoms with E-state index in [2.05, 4.69) is 5.43 Å². The molecule has 2 N–H and O–H groups in total. The van der Waals surface area contributed by atoms with Crippen molar-refractivity contribution in [2.75, 3.05) is 6.61 Å². The quantitative estimate of drug-likeness (QED) is 0.637. The van der Waals surface area contributed by atoms with Crippen molar-refractivity contribution >= 4 is 11.8 Å². The number of benzene rings is 2. The molecule has 0 aromatic heterocycles. The predicted molar refractivity (Wildman–Crippen MR) is 78.3 cm³/mol. The molecule has 0 aliphatic carbocycles. The molecule has 1 atom stereocenters. The van der Waals surface area contributed by atoms with Gasteiger partial charge in [0.05, 0.1) is 0 Å². The van der Waals surface area contributed by atoms with Crippen LogP contribution in [0.3, 0.4) is 0 Å². The second kappa shape index (κ2) is 6.71. The standard InChI is InChI=1S/C16H11F3N2O4/c17-9-5-8(6-10(18)14(9)19)15(22)20-21-16(23)13-7-24-11-3-1-2-4-12(11)25-13/h1-6,13H,7H2,(H,20,22)(H,21,23). The van der Waals surface area contributed by atoms with Gasteiger partial charge in [0.25, 0.3) is 11.8 Å². The third-order valence-electron chi connectivity index (χ3n) is 3.35. The highest BCUT2D eigenvalue weighted by molar-refractivity contribution is 5.95. The fourth-order valence-corrected chi connectivity index (χ4v) is 2.11. The van der Waals surface area contributed by atoms with Crippen molar-refractivity contribution in [3.63, 3.8) is 0 Å². The summed E-state index contributed by atoms with van der Waals surface area (Å²) in [6.45, 7) is -0.0848. The molecule has 2 aromatic carbocycles. The number of nitrogens with one attached hydrogen (secondary N) is 2. The molecule has 6 nitrogen and oxygen atoms in total. The van der Waals surface area contributed by atoms with Crippen molar-refractivity contribution in [2.45, 2.75) is 6.10 Å². The van der Waals surface area contributed by atoms with Gasteiger partial charge in [0.15, 0.2) is 29.0 Å². The Morgan fingerprint density at radius 2 is 1.64 bits per heavy atom. The molecule has 25 heavy (non-hydrogen) atoms. The Kier molecular flexibility index (Phi) is 4.46. The van der Waals surface area contributed by atoms with Gasteiger partial charge in [-0.2, -0.15) is 0 Å². The van der Waals surface area contributed by atoms with Gasteiger partial charge in [0.1, 0.15) is 6.61 Å². The normalized spacial score (nSPS) is 15.4. The number of carbonyl (C=O) groups is 2. The molecule has 1 heterocycles. The van der Waals surface area contributed by atoms with E-state index in [1.165, 1.54) is 0 Å². The van der Waals surface area contributed by atoms with E-state index in [0.717, 1.165) is 0 Å². The summed E-state index contributed by atoms with van der Waals surface area (Å²) in [4.78, 5) is 23.8. The Balaban J connectivity index is 1.60. The summed E-state index contributed by atoms with van der Waals surface area (Å²) in [6.07, 6.45) is -1.03. The molecule has 0 saturated heterocycles. The topological polar surface area (TPSA) is 76.7 Å². The average Bonchev–Trinajstić information content (AvgIpc) is 2.63. The average molecular weight is 352 g/mol. The summed E-state index contributed by atoms with van der Waals surface area (Å²) in [6, 6.07) is 7.73. The second-order valence-electron chi connectivity index (χ2n) is 5.06. The summed E-state index contributed by atoms with van der Waals surface area (Å²) in [5.41, 5.74) is 3.52. The van der Waals surface area contributed by atoms with Gasteiger partial charge in [-0.25, -0.2) is 13.2 Å². The van der Waals surface area contributed by atoms with Gasteiger partial charge in [-0.3, -0.25) is 20.4 Å². The Hall–Kier alpha value is -3.23. The number of halogens is 3. The SMILES string of the molecule is O=C(NNC(=O)C1COc2ccccc2O1)c1cc(F)c(F)c(F)c1. The summed E-state index contributed by atoms with van der Waals surface area (Å²) >= 11 is 0. The Morgan fingerprint density at radius 3 is 2.32 bits per heavy atom. The lowest BCUT2D eigenvalue weighted by atomic mass is 10.2. The fourth-order valence-electron chi connectivity index (χ4n) is 2.11. The maximum Gasteiger partial charge on any atom is 0.283 e. The van der Waals surface area contributed by atoms with Crippen LogP contribution in [0.2, 0.25) is 0 Å². The van der Waals surface area contributed by atoms with E-state index in [-0.39, 0.29) is 6.61 Å². The summed E-state index contributed by atoms with van der Waals surface area (Å²) < 4.78 is 49.9. The molecule has 2 amide bonds. The Morgan fingerprint density at radius 1 is 1.00 bits per heavy atom. The molecule has 130 valence electrons. The van der Waals surface area contributed by atoms with Crippen LogP contribution in [0, 0.1) is 17.5 Å². The summed E-state index contributed by atoms with van der Waals surface area (Å²) in [5.74, 6) is -5.63. The first-order valence-electron chi connectivity index (χ1n) is 7.09. The number of ether oxygens (including phenoxy) is 2. The second-order valence-corrected chi connectivity index (χ2v) is 5.06. The number of hydrogen-bond donors (Lipinski definition) is 2. The maximum absolute atomic E-state index is 13.1. The van der Waals surface area contributed by atoms with Gasteiger partial charge in [0, 0.05) is 5.56 Å². The van der Waals surface area contributed by atoms with E-state index < -0.39 is 40.9 Å². The minimum Gasteiger partial charge on any atom is -0.485 e. The van der Waals surface area contributed by atoms with Gasteiger partial charge in [0.2, 0.25) is 6.10 Å². The fraction of sp³-hybridized carbons (Fsp3) is 0.125. The molecule has 0 spiro atoms. The van der Waals surface area contributed by atoms with Crippen LogP contribution in [0.25, 0.3) is 0 Å². The Labute approximate surface area is 139 Å². The molecule has 1 aliphatic heterocycles. The lowest BCUT2D eigenvalue weighted by Crippen LogP contribution is -2.50. The number of carbonyl (C=O) groups excluding carboxylic acids is 2. The van der Waals surface area contributed by atoms with Crippen LogP contribution in [0.4, 0.5) is 13.2 Å². The zero-order valence-corrected chi connectivity index (χ0v) is 12.5. The molecular weight excluding hydrogens is 341 g/mol. The van der Waals surface area contributed by atoms with Crippen LogP contribution in [0.1, 0.15) is 10.4 Å². The number of amides is 2. The molecule has 2 aromatic rings. The Bertz CT molecular complexity index is 821. The highest BCUT2D eigenvalue weighted by Gasteiger charge is 2.27. The molecule has 3 rings (SSSR count). The lowest BCUT2D eigenvalue weighted by molar-refractivity contribution is -0.131. The van der Waals surface area contributed by atoms with E-state index in [4.69, 9.17) is 9.47 Å². The van der Waals surface area contributed by atoms with Crippen molar-refractivity contribution in [1.29, 1.82) is 0 Å². The summed E-state index contributed by atoms with van der Waals surface area (Å²) in [5, 5.41) is 0. The van der Waals surface area contributed by atoms with Crippen LogP contribution in [-0.4, -0.2) is 24.5 Å². The highest BCUT2D eigenvalue weighted by atomic mass is 19.2. The van der Waals surface area contributed by atoms with Gasteiger partial charge >= 0.3 is 0 Å². The first kappa shape index (κ1) is 16.6. The van der Waals surface area contributed by atoms with Gasteiger partial charge < -0.3 is 9.47 Å². The van der Waals surface area contributed by atoms with Crippen molar-refractivity contribution in [3.8, 4) is 11.5 Å². The largest absolute Gasteiger partial charge is 0.485 e. The van der Waals surface area contributed by atoms with E-state index >= 15 is 0 Å². The number of hydrazine groups is 1. The van der Waals surface area contributed by atoms with Crippen LogP contribution < -0.4 is 20.3 Å². The van der Waals surface area contributed by atoms with Crippen LogP contribution in [-0.2, 0) is 4.79 Å². The molecule has 0 fully saturated rings.